The number of anilines is 1. The molecule has 0 aliphatic carbocycles. The molecule has 8 heteroatoms. The van der Waals surface area contributed by atoms with Gasteiger partial charge in [-0.1, -0.05) is 6.92 Å². The lowest BCUT2D eigenvalue weighted by atomic mass is 9.98. The summed E-state index contributed by atoms with van der Waals surface area (Å²) in [4.78, 5) is 26.8. The Balaban J connectivity index is 1.70. The lowest BCUT2D eigenvalue weighted by Gasteiger charge is -2.32. The summed E-state index contributed by atoms with van der Waals surface area (Å²) in [5.74, 6) is 0.239. The third-order valence-corrected chi connectivity index (χ3v) is 6.20. The number of amides is 2. The largest absolute Gasteiger partial charge is 0.356 e. The molecule has 33 heavy (non-hydrogen) atoms. The van der Waals surface area contributed by atoms with Crippen molar-refractivity contribution >= 4 is 17.6 Å². The zero-order valence-electron chi connectivity index (χ0n) is 19.6. The Morgan fingerprint density at radius 1 is 1.21 bits per heavy atom. The minimum atomic E-state index is -0.350. The van der Waals surface area contributed by atoms with E-state index in [1.165, 1.54) is 12.1 Å². The maximum absolute atomic E-state index is 13.4. The lowest BCUT2D eigenvalue weighted by molar-refractivity contribution is -0.121. The molecule has 2 aromatic rings. The first-order chi connectivity index (χ1) is 15.8. The van der Waals surface area contributed by atoms with Gasteiger partial charge in [0.05, 0.1) is 12.1 Å². The number of nitrogens with zero attached hydrogens (tertiary/aromatic N) is 3. The van der Waals surface area contributed by atoms with Crippen LogP contribution in [0.25, 0.3) is 5.69 Å². The Morgan fingerprint density at radius 3 is 2.61 bits per heavy atom. The van der Waals surface area contributed by atoms with Gasteiger partial charge in [-0.05, 0) is 75.4 Å². The molecule has 1 aliphatic rings. The molecule has 0 saturated carbocycles. The highest BCUT2D eigenvalue weighted by molar-refractivity contribution is 5.93. The molecule has 2 amide bonds. The van der Waals surface area contributed by atoms with Crippen LogP contribution in [-0.4, -0.2) is 47.5 Å². The first-order valence-electron chi connectivity index (χ1n) is 11.5. The van der Waals surface area contributed by atoms with E-state index in [0.29, 0.717) is 36.0 Å². The van der Waals surface area contributed by atoms with Crippen LogP contribution < -0.4 is 10.6 Å². The zero-order valence-corrected chi connectivity index (χ0v) is 19.6. The van der Waals surface area contributed by atoms with Crippen molar-refractivity contribution in [2.45, 2.75) is 46.5 Å². The van der Waals surface area contributed by atoms with Gasteiger partial charge in [0.15, 0.2) is 0 Å². The molecular weight excluding hydrogens is 421 g/mol. The van der Waals surface area contributed by atoms with Gasteiger partial charge in [0.2, 0.25) is 11.8 Å². The van der Waals surface area contributed by atoms with Crippen molar-refractivity contribution in [1.82, 2.24) is 14.8 Å². The second-order valence-electron chi connectivity index (χ2n) is 8.70. The summed E-state index contributed by atoms with van der Waals surface area (Å²) >= 11 is 0. The smallest absolute Gasteiger partial charge is 0.239 e. The number of piperidine rings is 1. The van der Waals surface area contributed by atoms with Crippen LogP contribution in [0.15, 0.2) is 24.3 Å². The van der Waals surface area contributed by atoms with Gasteiger partial charge in [0.25, 0.3) is 0 Å². The number of carbonyl (C=O) groups is 2. The third kappa shape index (κ3) is 5.99. The van der Waals surface area contributed by atoms with Crippen molar-refractivity contribution in [3.8, 4) is 11.8 Å². The average Bonchev–Trinajstić information content (AvgIpc) is 3.02. The molecule has 0 spiro atoms. The van der Waals surface area contributed by atoms with Gasteiger partial charge in [-0.2, -0.15) is 5.26 Å². The predicted molar refractivity (Wildman–Crippen MR) is 126 cm³/mol. The highest BCUT2D eigenvalue weighted by atomic mass is 19.1. The number of hydrogen-bond acceptors (Lipinski definition) is 4. The quantitative estimate of drug-likeness (QED) is 0.638. The number of carbonyl (C=O) groups excluding carboxylic acids is 2. The highest BCUT2D eigenvalue weighted by Gasteiger charge is 2.24. The van der Waals surface area contributed by atoms with Crippen LogP contribution in [0.3, 0.4) is 0 Å². The van der Waals surface area contributed by atoms with Gasteiger partial charge in [0, 0.05) is 30.9 Å². The Kier molecular flexibility index (Phi) is 8.23. The molecular formula is C25H32FN5O2. The molecule has 1 saturated heterocycles. The Hall–Kier alpha value is -3.18. The summed E-state index contributed by atoms with van der Waals surface area (Å²) in [6.07, 6.45) is 3.35. The van der Waals surface area contributed by atoms with Crippen LogP contribution in [0.2, 0.25) is 0 Å². The van der Waals surface area contributed by atoms with E-state index in [9.17, 15) is 19.2 Å². The number of likely N-dealkylation sites (tertiary alicyclic amines) is 1. The number of benzene rings is 1. The van der Waals surface area contributed by atoms with Crippen molar-refractivity contribution in [2.24, 2.45) is 5.92 Å². The van der Waals surface area contributed by atoms with E-state index in [1.54, 1.807) is 16.7 Å². The fourth-order valence-corrected chi connectivity index (χ4v) is 4.38. The molecule has 0 radical (unpaired) electrons. The average molecular weight is 454 g/mol. The summed E-state index contributed by atoms with van der Waals surface area (Å²) in [5.41, 5.74) is 2.67. The van der Waals surface area contributed by atoms with Gasteiger partial charge < -0.3 is 10.6 Å². The van der Waals surface area contributed by atoms with E-state index in [4.69, 9.17) is 0 Å². The van der Waals surface area contributed by atoms with Gasteiger partial charge in [-0.15, -0.1) is 0 Å². The molecule has 2 N–H and O–H groups in total. The first kappa shape index (κ1) is 24.5. The van der Waals surface area contributed by atoms with Crippen LogP contribution >= 0.6 is 0 Å². The summed E-state index contributed by atoms with van der Waals surface area (Å²) in [7, 11) is 0. The number of nitrogens with one attached hydrogen (secondary N) is 2. The Labute approximate surface area is 194 Å². The van der Waals surface area contributed by atoms with Crippen LogP contribution in [-0.2, 0) is 9.59 Å². The number of rotatable bonds is 8. The molecule has 1 aliphatic heterocycles. The number of hydrogen-bond donors (Lipinski definition) is 2. The predicted octanol–water partition coefficient (Wildman–Crippen LogP) is 3.67. The summed E-state index contributed by atoms with van der Waals surface area (Å²) < 4.78 is 15.2. The Morgan fingerprint density at radius 2 is 1.94 bits per heavy atom. The molecule has 2 heterocycles. The lowest BCUT2D eigenvalue weighted by Crippen LogP contribution is -2.44. The summed E-state index contributed by atoms with van der Waals surface area (Å²) in [5, 5.41) is 15.6. The summed E-state index contributed by atoms with van der Waals surface area (Å²) in [6.45, 7) is 8.08. The van der Waals surface area contributed by atoms with Crippen LogP contribution in [0.5, 0.6) is 0 Å². The van der Waals surface area contributed by atoms with E-state index in [0.717, 1.165) is 43.6 Å². The molecule has 176 valence electrons. The molecule has 1 aromatic heterocycles. The van der Waals surface area contributed by atoms with E-state index >= 15 is 0 Å². The minimum absolute atomic E-state index is 0.0729. The topological polar surface area (TPSA) is 90.2 Å². The first-order valence-corrected chi connectivity index (χ1v) is 11.5. The number of aromatic nitrogens is 1. The number of nitriles is 1. The maximum Gasteiger partial charge on any atom is 0.239 e. The minimum Gasteiger partial charge on any atom is -0.356 e. The zero-order chi connectivity index (χ0) is 24.0. The van der Waals surface area contributed by atoms with E-state index in [1.807, 2.05) is 20.8 Å². The second-order valence-corrected chi connectivity index (χ2v) is 8.70. The van der Waals surface area contributed by atoms with Crippen LogP contribution in [0, 0.1) is 36.9 Å². The fourth-order valence-electron chi connectivity index (χ4n) is 4.38. The molecule has 7 nitrogen and oxygen atoms in total. The van der Waals surface area contributed by atoms with Crippen molar-refractivity contribution < 1.29 is 14.0 Å². The van der Waals surface area contributed by atoms with E-state index in [2.05, 4.69) is 21.6 Å². The normalized spacial score (nSPS) is 16.3. The fraction of sp³-hybridized carbons (Fsp3) is 0.480. The van der Waals surface area contributed by atoms with Crippen molar-refractivity contribution in [1.29, 1.82) is 5.26 Å². The third-order valence-electron chi connectivity index (χ3n) is 6.20. The van der Waals surface area contributed by atoms with Crippen LogP contribution in [0.1, 0.15) is 49.4 Å². The van der Waals surface area contributed by atoms with Gasteiger partial charge >= 0.3 is 0 Å². The molecule has 0 bridgehead atoms. The van der Waals surface area contributed by atoms with Crippen molar-refractivity contribution in [3.63, 3.8) is 0 Å². The SMILES string of the molecule is CCCC(=O)NCC1CCCN(CC(=O)Nc2c(C#N)c(C)c(C)n2-c2ccc(F)cc2)C1. The van der Waals surface area contributed by atoms with Gasteiger partial charge in [-0.3, -0.25) is 19.1 Å². The highest BCUT2D eigenvalue weighted by Crippen LogP contribution is 2.30. The second kappa shape index (κ2) is 11.1. The van der Waals surface area contributed by atoms with Crippen LogP contribution in [0.4, 0.5) is 10.2 Å². The molecule has 1 fully saturated rings. The maximum atomic E-state index is 13.4. The Bertz CT molecular complexity index is 1040. The number of halogens is 1. The van der Waals surface area contributed by atoms with Crippen molar-refractivity contribution in [3.05, 3.63) is 46.9 Å². The molecule has 1 atom stereocenters. The molecule has 1 aromatic carbocycles. The van der Waals surface area contributed by atoms with Crippen molar-refractivity contribution in [2.75, 3.05) is 31.5 Å². The van der Waals surface area contributed by atoms with Gasteiger partial charge in [-0.25, -0.2) is 4.39 Å². The van der Waals surface area contributed by atoms with Gasteiger partial charge in [0.1, 0.15) is 17.7 Å². The van der Waals surface area contributed by atoms with E-state index in [-0.39, 0.29) is 24.2 Å². The molecule has 1 unspecified atom stereocenters. The van der Waals surface area contributed by atoms with E-state index < -0.39 is 0 Å². The standard InChI is InChI=1S/C25H32FN5O2/c1-4-6-23(32)28-14-19-7-5-12-30(15-19)16-24(33)29-25-22(13-27)17(2)18(3)31(25)21-10-8-20(26)9-11-21/h8-11,19H,4-7,12,14-16H2,1-3H3,(H,28,32)(H,29,33). The molecule has 3 rings (SSSR count). The monoisotopic (exact) mass is 453 g/mol. The summed E-state index contributed by atoms with van der Waals surface area (Å²) in [6, 6.07) is 8.16.